The van der Waals surface area contributed by atoms with Crippen molar-refractivity contribution in [2.24, 2.45) is 5.73 Å². The summed E-state index contributed by atoms with van der Waals surface area (Å²) in [6.07, 6.45) is -5.76. The lowest BCUT2D eigenvalue weighted by Gasteiger charge is -2.47. The van der Waals surface area contributed by atoms with E-state index in [9.17, 15) is 29.4 Å². The molecule has 4 atom stereocenters. The number of ether oxygens (including phenoxy) is 6. The summed E-state index contributed by atoms with van der Waals surface area (Å²) in [6.45, 7) is 7.56. The van der Waals surface area contributed by atoms with E-state index in [4.69, 9.17) is 38.6 Å². The molecule has 2 heterocycles. The predicted molar refractivity (Wildman–Crippen MR) is 178 cm³/mol. The second-order valence-electron chi connectivity index (χ2n) is 11.9. The molecular formula is C35H40N2O13. The van der Waals surface area contributed by atoms with Gasteiger partial charge in [0, 0.05) is 30.2 Å². The van der Waals surface area contributed by atoms with Crippen molar-refractivity contribution in [2.75, 3.05) is 38.9 Å². The molecule has 5 N–H and O–H groups in total. The van der Waals surface area contributed by atoms with Crippen LogP contribution in [0.3, 0.4) is 0 Å². The fourth-order valence-corrected chi connectivity index (χ4v) is 5.26. The highest BCUT2D eigenvalue weighted by molar-refractivity contribution is 6.06. The summed E-state index contributed by atoms with van der Waals surface area (Å²) >= 11 is 0. The van der Waals surface area contributed by atoms with Crippen molar-refractivity contribution in [1.82, 2.24) is 0 Å². The van der Waals surface area contributed by atoms with Crippen LogP contribution in [0.5, 0.6) is 11.5 Å². The number of hydrogen-bond donors (Lipinski definition) is 4. The van der Waals surface area contributed by atoms with Gasteiger partial charge in [0.25, 0.3) is 5.91 Å². The van der Waals surface area contributed by atoms with Crippen molar-refractivity contribution in [3.63, 3.8) is 0 Å². The Kier molecular flexibility index (Phi) is 12.6. The number of amides is 2. The van der Waals surface area contributed by atoms with E-state index < -0.39 is 59.3 Å². The van der Waals surface area contributed by atoms with Crippen molar-refractivity contribution in [3.8, 4) is 23.3 Å². The molecule has 2 amide bonds. The van der Waals surface area contributed by atoms with Crippen LogP contribution in [0, 0.1) is 18.8 Å². The fourth-order valence-electron chi connectivity index (χ4n) is 5.26. The summed E-state index contributed by atoms with van der Waals surface area (Å²) in [6, 6.07) is 9.10. The summed E-state index contributed by atoms with van der Waals surface area (Å²) < 4.78 is 38.6. The number of hydrogen-bond acceptors (Lipinski definition) is 13. The molecule has 1 aliphatic heterocycles. The van der Waals surface area contributed by atoms with E-state index in [1.54, 1.807) is 32.9 Å². The number of methoxy groups -OCH3 is 1. The van der Waals surface area contributed by atoms with Gasteiger partial charge in [-0.05, 0) is 64.1 Å². The van der Waals surface area contributed by atoms with Crippen molar-refractivity contribution < 1.29 is 57.4 Å². The number of ketones is 1. The normalized spacial score (nSPS) is 19.6. The van der Waals surface area contributed by atoms with Gasteiger partial charge < -0.3 is 54.1 Å². The molecule has 15 heteroatoms. The molecule has 0 spiro atoms. The van der Waals surface area contributed by atoms with Crippen molar-refractivity contribution in [1.29, 1.82) is 0 Å². The van der Waals surface area contributed by atoms with Gasteiger partial charge in [0.15, 0.2) is 23.6 Å². The number of primary amides is 1. The minimum Gasteiger partial charge on any atom is -0.505 e. The number of aryl methyl sites for hydroxylation is 1. The maximum atomic E-state index is 13.0. The summed E-state index contributed by atoms with van der Waals surface area (Å²) in [7, 11) is 1.37. The molecule has 268 valence electrons. The number of Topliss-reactive ketones (excluding diaryl/α,β-unsaturated/α-hetero) is 1. The van der Waals surface area contributed by atoms with Gasteiger partial charge in [-0.15, -0.1) is 0 Å². The number of nitrogens with one attached hydrogen (secondary N) is 1. The Morgan fingerprint density at radius 2 is 1.76 bits per heavy atom. The molecule has 4 rings (SSSR count). The molecule has 1 saturated heterocycles. The number of aliphatic hydroxyl groups is 1. The standard InChI is InChI=1S/C35H40N2O13/c1-19(38)14-16-46-18-17-45-15-6-7-21-8-10-22(11-9-21)31(41)37-25-26(39)23-12-13-24(20(2)28(23)48-32(25)42)47-33-27(40)29(49-34(36)43)30(44-5)35(3,4)50-33/h8-13,27,29-30,33,39-40H,14-18H2,1-5H3,(H2,36,43)(H,37,41)/t27-,29+,30-,33-/m0/s1. The van der Waals surface area contributed by atoms with E-state index in [0.717, 1.165) is 0 Å². The van der Waals surface area contributed by atoms with E-state index in [-0.39, 0.29) is 40.2 Å². The monoisotopic (exact) mass is 696 g/mol. The lowest BCUT2D eigenvalue weighted by Crippen LogP contribution is -2.65. The van der Waals surface area contributed by atoms with Gasteiger partial charge in [0.2, 0.25) is 6.29 Å². The highest BCUT2D eigenvalue weighted by atomic mass is 16.7. The summed E-state index contributed by atoms with van der Waals surface area (Å²) in [5.41, 5.74) is 3.66. The molecule has 1 fully saturated rings. The van der Waals surface area contributed by atoms with Gasteiger partial charge in [-0.1, -0.05) is 11.8 Å². The smallest absolute Gasteiger partial charge is 0.404 e. The number of rotatable bonds is 13. The average Bonchev–Trinajstić information content (AvgIpc) is 3.05. The van der Waals surface area contributed by atoms with Gasteiger partial charge in [-0.3, -0.25) is 9.59 Å². The van der Waals surface area contributed by atoms with Crippen LogP contribution in [-0.4, -0.2) is 91.7 Å². The summed E-state index contributed by atoms with van der Waals surface area (Å²) in [5.74, 6) is 4.74. The first-order chi connectivity index (χ1) is 23.7. The number of aromatic hydroxyl groups is 1. The Balaban J connectivity index is 1.43. The van der Waals surface area contributed by atoms with E-state index >= 15 is 0 Å². The number of carbonyl (C=O) groups excluding carboxylic acids is 3. The summed E-state index contributed by atoms with van der Waals surface area (Å²) in [4.78, 5) is 48.4. The Morgan fingerprint density at radius 3 is 2.42 bits per heavy atom. The molecule has 3 aromatic rings. The highest BCUT2D eigenvalue weighted by Gasteiger charge is 2.53. The van der Waals surface area contributed by atoms with Crippen LogP contribution in [0.4, 0.5) is 10.5 Å². The second-order valence-corrected chi connectivity index (χ2v) is 11.9. The number of carbonyl (C=O) groups is 3. The van der Waals surface area contributed by atoms with Gasteiger partial charge in [0.1, 0.15) is 29.8 Å². The third-order valence-electron chi connectivity index (χ3n) is 7.78. The minimum atomic E-state index is -1.52. The van der Waals surface area contributed by atoms with Gasteiger partial charge in [-0.2, -0.15) is 0 Å². The van der Waals surface area contributed by atoms with Gasteiger partial charge in [-0.25, -0.2) is 9.59 Å². The predicted octanol–water partition coefficient (Wildman–Crippen LogP) is 2.78. The molecule has 0 saturated carbocycles. The highest BCUT2D eigenvalue weighted by Crippen LogP contribution is 2.38. The van der Waals surface area contributed by atoms with Crippen molar-refractivity contribution in [3.05, 3.63) is 63.5 Å². The van der Waals surface area contributed by atoms with Gasteiger partial charge in [0.05, 0.1) is 30.8 Å². The summed E-state index contributed by atoms with van der Waals surface area (Å²) in [5, 5.41) is 24.5. The molecule has 1 aliphatic rings. The third kappa shape index (κ3) is 9.17. The zero-order valence-electron chi connectivity index (χ0n) is 28.3. The Hall–Kier alpha value is -4.98. The number of benzene rings is 2. The molecule has 0 aliphatic carbocycles. The lowest BCUT2D eigenvalue weighted by atomic mass is 9.89. The molecule has 0 unspecified atom stereocenters. The first-order valence-corrected chi connectivity index (χ1v) is 15.6. The van der Waals surface area contributed by atoms with Crippen LogP contribution in [0.1, 0.15) is 48.7 Å². The zero-order chi connectivity index (χ0) is 36.6. The van der Waals surface area contributed by atoms with E-state index in [2.05, 4.69) is 17.2 Å². The first kappa shape index (κ1) is 37.8. The second kappa shape index (κ2) is 16.6. The number of nitrogens with two attached hydrogens (primary N) is 1. The zero-order valence-corrected chi connectivity index (χ0v) is 28.3. The third-order valence-corrected chi connectivity index (χ3v) is 7.78. The van der Waals surface area contributed by atoms with E-state index in [0.29, 0.717) is 31.8 Å². The Labute approximate surface area is 287 Å². The van der Waals surface area contributed by atoms with E-state index in [1.807, 2.05) is 0 Å². The molecular weight excluding hydrogens is 656 g/mol. The molecule has 50 heavy (non-hydrogen) atoms. The number of anilines is 1. The Morgan fingerprint density at radius 1 is 1.06 bits per heavy atom. The van der Waals surface area contributed by atoms with Crippen molar-refractivity contribution >= 4 is 34.4 Å². The SMILES string of the molecule is CO[C@H]1[C@H](OC(N)=O)[C@H](O)[C@@H](Oc2ccc3c(O)c(NC(=O)c4ccc(C#CCOCCOCCC(C)=O)cc4)c(=O)oc3c2C)OC1(C)C. The van der Waals surface area contributed by atoms with Crippen LogP contribution in [0.15, 0.2) is 45.6 Å². The van der Waals surface area contributed by atoms with Crippen LogP contribution >= 0.6 is 0 Å². The fraction of sp³-hybridized carbons (Fsp3) is 0.429. The number of fused-ring (bicyclic) bond motifs is 1. The lowest BCUT2D eigenvalue weighted by molar-refractivity contribution is -0.304. The molecule has 15 nitrogen and oxygen atoms in total. The van der Waals surface area contributed by atoms with Crippen LogP contribution in [-0.2, 0) is 28.5 Å². The van der Waals surface area contributed by atoms with Crippen LogP contribution in [0.2, 0.25) is 0 Å². The van der Waals surface area contributed by atoms with Gasteiger partial charge >= 0.3 is 11.7 Å². The van der Waals surface area contributed by atoms with E-state index in [1.165, 1.54) is 38.3 Å². The largest absolute Gasteiger partial charge is 0.505 e. The van der Waals surface area contributed by atoms with Crippen LogP contribution in [0.25, 0.3) is 11.0 Å². The molecule has 2 aromatic carbocycles. The maximum Gasteiger partial charge on any atom is 0.404 e. The average molecular weight is 697 g/mol. The molecule has 1 aromatic heterocycles. The number of aliphatic hydroxyl groups excluding tert-OH is 1. The first-order valence-electron chi connectivity index (χ1n) is 15.6. The minimum absolute atomic E-state index is 0.0420. The topological polar surface area (TPSA) is 215 Å². The molecule has 0 bridgehead atoms. The molecule has 0 radical (unpaired) electrons. The quantitative estimate of drug-likeness (QED) is 0.115. The van der Waals surface area contributed by atoms with Crippen LogP contribution < -0.4 is 21.4 Å². The Bertz CT molecular complexity index is 1820. The van der Waals surface area contributed by atoms with Crippen molar-refractivity contribution in [2.45, 2.75) is 64.3 Å². The maximum absolute atomic E-state index is 13.0.